The van der Waals surface area contributed by atoms with Crippen LogP contribution in [0.1, 0.15) is 60.8 Å². The summed E-state index contributed by atoms with van der Waals surface area (Å²) in [6.07, 6.45) is 8.31. The van der Waals surface area contributed by atoms with Crippen molar-refractivity contribution in [3.8, 4) is 5.75 Å². The van der Waals surface area contributed by atoms with E-state index < -0.39 is 24.4 Å². The highest BCUT2D eigenvalue weighted by Crippen LogP contribution is 2.34. The highest BCUT2D eigenvalue weighted by atomic mass is 79.9. The molecule has 4 aromatic rings. The van der Waals surface area contributed by atoms with Crippen LogP contribution < -0.4 is 4.74 Å². The van der Waals surface area contributed by atoms with Crippen LogP contribution in [-0.2, 0) is 54.8 Å². The summed E-state index contributed by atoms with van der Waals surface area (Å²) >= 11 is 13.5. The van der Waals surface area contributed by atoms with Crippen molar-refractivity contribution in [2.45, 2.75) is 95.5 Å². The fourth-order valence-corrected chi connectivity index (χ4v) is 7.29. The quantitative estimate of drug-likeness (QED) is 0.0543. The first-order valence-corrected chi connectivity index (χ1v) is 21.0. The molecule has 0 radical (unpaired) electrons. The number of hydrogen-bond donors (Lipinski definition) is 0. The van der Waals surface area contributed by atoms with Crippen LogP contribution in [0.25, 0.3) is 0 Å². The van der Waals surface area contributed by atoms with E-state index in [0.29, 0.717) is 38.1 Å². The normalized spacial score (nSPS) is 19.9. The molecule has 0 N–H and O–H groups in total. The Hall–Kier alpha value is -2.57. The maximum Gasteiger partial charge on any atom is 0.118 e. The van der Waals surface area contributed by atoms with Crippen molar-refractivity contribution in [3.63, 3.8) is 0 Å². The zero-order chi connectivity index (χ0) is 38.7. The predicted octanol–water partition coefficient (Wildman–Crippen LogP) is 11.5. The molecule has 7 nitrogen and oxygen atoms in total. The van der Waals surface area contributed by atoms with Gasteiger partial charge >= 0.3 is 0 Å². The largest absolute Gasteiger partial charge is 0.497 e. The van der Waals surface area contributed by atoms with Crippen LogP contribution in [-0.4, -0.2) is 58.0 Å². The summed E-state index contributed by atoms with van der Waals surface area (Å²) < 4.78 is 46.7. The molecular weight excluding hydrogens is 848 g/mol. The van der Waals surface area contributed by atoms with Crippen molar-refractivity contribution in [2.75, 3.05) is 27.4 Å². The van der Waals surface area contributed by atoms with E-state index in [2.05, 4.69) is 62.2 Å². The molecule has 296 valence electrons. The third kappa shape index (κ3) is 14.7. The molecule has 5 atom stereocenters. The van der Waals surface area contributed by atoms with Crippen molar-refractivity contribution in [3.05, 3.63) is 145 Å². The van der Waals surface area contributed by atoms with E-state index in [9.17, 15) is 0 Å². The molecule has 1 aliphatic rings. The van der Waals surface area contributed by atoms with Crippen molar-refractivity contribution in [1.29, 1.82) is 0 Å². The van der Waals surface area contributed by atoms with Crippen LogP contribution in [0, 0.1) is 0 Å². The van der Waals surface area contributed by atoms with Gasteiger partial charge in [0.25, 0.3) is 0 Å². The Morgan fingerprint density at radius 3 is 1.91 bits per heavy atom. The zero-order valence-electron chi connectivity index (χ0n) is 31.8. The monoisotopic (exact) mass is 898 g/mol. The highest BCUT2D eigenvalue weighted by Gasteiger charge is 2.48. The van der Waals surface area contributed by atoms with Gasteiger partial charge in [-0.1, -0.05) is 117 Å². The second-order valence-electron chi connectivity index (χ2n) is 13.6. The number of allylic oxidation sites excluding steroid dienone is 2. The standard InChI is InChI=1S/C45H53Br2ClO7/c1-49-27-11-7-5-3-4-6-8-14-41-43(52-30-35-19-25-39(50-2)26-20-35)45(54-31-36-12-9-10-13-40(36)47)44(53-29-34-17-23-38(48)24-18-34)42(55-41)32-51-28-33-15-21-37(46)22-16-33/h3,5,9-10,12-13,15-26,41-45H,4,6-8,11,14,27-32H2,1-2H3. The van der Waals surface area contributed by atoms with Crippen LogP contribution in [0.3, 0.4) is 0 Å². The third-order valence-electron chi connectivity index (χ3n) is 9.54. The summed E-state index contributed by atoms with van der Waals surface area (Å²) in [6, 6.07) is 32.0. The Balaban J connectivity index is 1.41. The molecule has 0 aliphatic carbocycles. The molecule has 4 aromatic carbocycles. The Labute approximate surface area is 348 Å². The van der Waals surface area contributed by atoms with Gasteiger partial charge in [0.2, 0.25) is 0 Å². The fourth-order valence-electron chi connectivity index (χ4n) is 6.50. The minimum Gasteiger partial charge on any atom is -0.497 e. The van der Waals surface area contributed by atoms with Gasteiger partial charge in [-0.25, -0.2) is 0 Å². The summed E-state index contributed by atoms with van der Waals surface area (Å²) in [6.45, 7) is 2.63. The molecule has 5 unspecified atom stereocenters. The van der Waals surface area contributed by atoms with Gasteiger partial charge in [-0.3, -0.25) is 0 Å². The third-order valence-corrected chi connectivity index (χ3v) is 11.1. The summed E-state index contributed by atoms with van der Waals surface area (Å²) in [5.74, 6) is 0.798. The second kappa shape index (κ2) is 24.3. The SMILES string of the molecule is COCCCC=CCCCCC1OC(COCc2ccc(Br)cc2)C(OCc2ccc(Cl)cc2)C(OCc2ccccc2Br)C1OCc1ccc(OC)cc1. The molecule has 0 aromatic heterocycles. The smallest absolute Gasteiger partial charge is 0.118 e. The van der Waals surface area contributed by atoms with E-state index in [4.69, 9.17) is 44.8 Å². The Kier molecular flexibility index (Phi) is 19.2. The van der Waals surface area contributed by atoms with Crippen molar-refractivity contribution in [1.82, 2.24) is 0 Å². The van der Waals surface area contributed by atoms with Crippen molar-refractivity contribution >= 4 is 43.5 Å². The van der Waals surface area contributed by atoms with E-state index >= 15 is 0 Å². The lowest BCUT2D eigenvalue weighted by molar-refractivity contribution is -0.273. The Morgan fingerprint density at radius 1 is 0.636 bits per heavy atom. The van der Waals surface area contributed by atoms with Crippen molar-refractivity contribution < 1.29 is 33.2 Å². The predicted molar refractivity (Wildman–Crippen MR) is 225 cm³/mol. The van der Waals surface area contributed by atoms with Crippen LogP contribution in [0.5, 0.6) is 5.75 Å². The van der Waals surface area contributed by atoms with Gasteiger partial charge in [0, 0.05) is 27.7 Å². The zero-order valence-corrected chi connectivity index (χ0v) is 35.7. The molecule has 0 bridgehead atoms. The summed E-state index contributed by atoms with van der Waals surface area (Å²) in [4.78, 5) is 0. The van der Waals surface area contributed by atoms with Gasteiger partial charge in [0.15, 0.2) is 0 Å². The molecule has 0 spiro atoms. The summed E-state index contributed by atoms with van der Waals surface area (Å²) in [7, 11) is 3.41. The molecule has 0 amide bonds. The van der Waals surface area contributed by atoms with Gasteiger partial charge in [-0.2, -0.15) is 0 Å². The minimum absolute atomic E-state index is 0.259. The van der Waals surface area contributed by atoms with E-state index in [-0.39, 0.29) is 6.10 Å². The number of methoxy groups -OCH3 is 2. The maximum atomic E-state index is 7.03. The van der Waals surface area contributed by atoms with Crippen LogP contribution in [0.15, 0.2) is 118 Å². The molecule has 10 heteroatoms. The molecule has 1 aliphatic heterocycles. The molecule has 1 saturated heterocycles. The molecular formula is C45H53Br2ClO7. The van der Waals surface area contributed by atoms with Gasteiger partial charge in [0.05, 0.1) is 46.2 Å². The first-order valence-electron chi connectivity index (χ1n) is 19.0. The number of hydrogen-bond acceptors (Lipinski definition) is 7. The van der Waals surface area contributed by atoms with E-state index in [0.717, 1.165) is 82.1 Å². The Bertz CT molecular complexity index is 1690. The topological polar surface area (TPSA) is 64.6 Å². The Morgan fingerprint density at radius 2 is 1.24 bits per heavy atom. The summed E-state index contributed by atoms with van der Waals surface area (Å²) in [5, 5.41) is 0.676. The minimum atomic E-state index is -0.504. The van der Waals surface area contributed by atoms with E-state index in [1.165, 1.54) is 0 Å². The first kappa shape index (κ1) is 43.6. The lowest BCUT2D eigenvalue weighted by Gasteiger charge is -2.46. The summed E-state index contributed by atoms with van der Waals surface area (Å²) in [5.41, 5.74) is 4.14. The number of halogens is 3. The first-order chi connectivity index (χ1) is 26.9. The van der Waals surface area contributed by atoms with Crippen molar-refractivity contribution in [2.24, 2.45) is 0 Å². The lowest BCUT2D eigenvalue weighted by Crippen LogP contribution is -2.61. The fraction of sp³-hybridized carbons (Fsp3) is 0.422. The van der Waals surface area contributed by atoms with Crippen LogP contribution in [0.2, 0.25) is 5.02 Å². The number of rotatable bonds is 23. The molecule has 1 fully saturated rings. The average molecular weight is 901 g/mol. The van der Waals surface area contributed by atoms with Gasteiger partial charge in [-0.15, -0.1) is 0 Å². The van der Waals surface area contributed by atoms with Crippen LogP contribution in [0.4, 0.5) is 0 Å². The number of benzene rings is 4. The molecule has 1 heterocycles. The second-order valence-corrected chi connectivity index (χ2v) is 15.8. The van der Waals surface area contributed by atoms with Crippen LogP contribution >= 0.6 is 43.5 Å². The highest BCUT2D eigenvalue weighted by molar-refractivity contribution is 9.10. The number of ether oxygens (including phenoxy) is 7. The van der Waals surface area contributed by atoms with Gasteiger partial charge in [0.1, 0.15) is 30.2 Å². The lowest BCUT2D eigenvalue weighted by atomic mass is 9.91. The molecule has 0 saturated carbocycles. The average Bonchev–Trinajstić information content (AvgIpc) is 3.20. The van der Waals surface area contributed by atoms with Gasteiger partial charge in [-0.05, 0) is 96.8 Å². The number of unbranched alkanes of at least 4 members (excludes halogenated alkanes) is 3. The maximum absolute atomic E-state index is 7.03. The van der Waals surface area contributed by atoms with E-state index in [1.54, 1.807) is 14.2 Å². The van der Waals surface area contributed by atoms with E-state index in [1.807, 2.05) is 78.9 Å². The molecule has 5 rings (SSSR count). The van der Waals surface area contributed by atoms with Gasteiger partial charge < -0.3 is 33.2 Å². The molecule has 55 heavy (non-hydrogen) atoms.